The lowest BCUT2D eigenvalue weighted by atomic mass is 9.78. The van der Waals surface area contributed by atoms with Gasteiger partial charge in [-0.25, -0.2) is 0 Å². The first-order valence-corrected chi connectivity index (χ1v) is 13.9. The van der Waals surface area contributed by atoms with Gasteiger partial charge >= 0.3 is 0 Å². The minimum Gasteiger partial charge on any atom is -0.484 e. The van der Waals surface area contributed by atoms with E-state index in [-0.39, 0.29) is 5.41 Å². The van der Waals surface area contributed by atoms with Gasteiger partial charge in [0.25, 0.3) is 0 Å². The van der Waals surface area contributed by atoms with Crippen molar-refractivity contribution in [1.29, 1.82) is 0 Å². The van der Waals surface area contributed by atoms with Crippen LogP contribution < -0.4 is 9.47 Å². The van der Waals surface area contributed by atoms with Crippen LogP contribution in [0, 0.1) is 0 Å². The lowest BCUT2D eigenvalue weighted by Crippen LogP contribution is -2.30. The molecule has 0 radical (unpaired) electrons. The summed E-state index contributed by atoms with van der Waals surface area (Å²) in [5.74, 6) is 2.24. The highest BCUT2D eigenvalue weighted by Gasteiger charge is 2.29. The largest absolute Gasteiger partial charge is 0.484 e. The molecular weight excluding hydrogens is 699 g/mol. The van der Waals surface area contributed by atoms with Crippen LogP contribution >= 0.6 is 86.9 Å². The molecule has 0 atom stereocenters. The van der Waals surface area contributed by atoms with E-state index in [0.717, 1.165) is 40.5 Å². The molecule has 0 heterocycles. The number of halogens is 6. The van der Waals surface area contributed by atoms with Crippen LogP contribution in [0.15, 0.2) is 42.2 Å². The number of alkyl halides is 2. The van der Waals surface area contributed by atoms with Crippen LogP contribution in [-0.2, 0) is 5.41 Å². The first-order chi connectivity index (χ1) is 14.1. The maximum Gasteiger partial charge on any atom is 0.148 e. The summed E-state index contributed by atoms with van der Waals surface area (Å²) in [5.41, 5.74) is 0.987. The van der Waals surface area contributed by atoms with Crippen LogP contribution in [0.4, 0.5) is 0 Å². The molecule has 172 valence electrons. The van der Waals surface area contributed by atoms with Crippen LogP contribution in [0.2, 0.25) is 0 Å². The molecule has 0 aromatic heterocycles. The first-order valence-electron chi connectivity index (χ1n) is 9.62. The highest BCUT2D eigenvalue weighted by atomic mass is 79.9. The topological polar surface area (TPSA) is 18.5 Å². The minimum atomic E-state index is -0.480. The van der Waals surface area contributed by atoms with Gasteiger partial charge in [0.2, 0.25) is 0 Å². The minimum absolute atomic E-state index is 0.294. The van der Waals surface area contributed by atoms with Crippen LogP contribution in [0.1, 0.15) is 52.7 Å². The predicted molar refractivity (Wildman–Crippen MR) is 147 cm³/mol. The molecule has 2 aromatic rings. The lowest BCUT2D eigenvalue weighted by Gasteiger charge is -2.31. The molecule has 0 aliphatic heterocycles. The number of benzene rings is 2. The molecule has 0 aliphatic carbocycles. The van der Waals surface area contributed by atoms with Gasteiger partial charge in [-0.15, -0.1) is 23.2 Å². The van der Waals surface area contributed by atoms with Crippen LogP contribution in [-0.4, -0.2) is 23.0 Å². The van der Waals surface area contributed by atoms with E-state index >= 15 is 0 Å². The Morgan fingerprint density at radius 2 is 0.871 bits per heavy atom. The third-order valence-corrected chi connectivity index (χ3v) is 8.48. The highest BCUT2D eigenvalue weighted by Crippen LogP contribution is 2.45. The Balaban J connectivity index is 2.48. The van der Waals surface area contributed by atoms with Crippen molar-refractivity contribution in [2.24, 2.45) is 0 Å². The van der Waals surface area contributed by atoms with Crippen molar-refractivity contribution in [2.75, 3.05) is 11.8 Å². The highest BCUT2D eigenvalue weighted by molar-refractivity contribution is 9.11. The average Bonchev–Trinajstić information content (AvgIpc) is 2.67. The van der Waals surface area contributed by atoms with Crippen LogP contribution in [0.3, 0.4) is 0 Å². The maximum absolute atomic E-state index is 6.13. The Morgan fingerprint density at radius 1 is 0.613 bits per heavy atom. The number of hydrogen-bond acceptors (Lipinski definition) is 2. The van der Waals surface area contributed by atoms with Gasteiger partial charge in [0, 0.05) is 5.41 Å². The molecule has 0 amide bonds. The SMILES string of the molecule is CC(C)(CCl)Oc1c(Br)cc(C(C)(C)c2cc(Br)c(OC(C)(C)CCl)c(Br)c2)cc1Br. The summed E-state index contributed by atoms with van der Waals surface area (Å²) in [6.45, 7) is 12.2. The molecule has 0 aliphatic rings. The van der Waals surface area contributed by atoms with Crippen molar-refractivity contribution >= 4 is 86.9 Å². The zero-order valence-corrected chi connectivity index (χ0v) is 26.2. The fourth-order valence-electron chi connectivity index (χ4n) is 2.81. The lowest BCUT2D eigenvalue weighted by molar-refractivity contribution is 0.132. The number of rotatable bonds is 8. The summed E-state index contributed by atoms with van der Waals surface area (Å²) in [5, 5.41) is 0. The maximum atomic E-state index is 6.13. The van der Waals surface area contributed by atoms with Gasteiger partial charge in [-0.1, -0.05) is 13.8 Å². The zero-order chi connectivity index (χ0) is 23.8. The molecular formula is C23H26Br4Cl2O2. The fourth-order valence-corrected chi connectivity index (χ4v) is 5.62. The molecule has 0 saturated carbocycles. The van der Waals surface area contributed by atoms with Gasteiger partial charge < -0.3 is 9.47 Å². The Hall–Kier alpha value is 0.540. The number of ether oxygens (including phenoxy) is 2. The Morgan fingerprint density at radius 3 is 1.10 bits per heavy atom. The third-order valence-electron chi connectivity index (χ3n) is 4.84. The molecule has 0 bridgehead atoms. The summed E-state index contributed by atoms with van der Waals surface area (Å²) in [7, 11) is 0. The summed E-state index contributed by atoms with van der Waals surface area (Å²) in [4.78, 5) is 0. The summed E-state index contributed by atoms with van der Waals surface area (Å²) < 4.78 is 15.7. The molecule has 2 rings (SSSR count). The van der Waals surface area contributed by atoms with E-state index in [9.17, 15) is 0 Å². The molecule has 0 saturated heterocycles. The van der Waals surface area contributed by atoms with Crippen molar-refractivity contribution in [2.45, 2.75) is 58.2 Å². The average molecular weight is 725 g/mol. The standard InChI is InChI=1S/C23H26Br4Cl2O2/c1-21(2,11-28)30-19-15(24)7-13(8-16(19)25)23(5,6)14-9-17(26)20(18(27)10-14)31-22(3,4)12-29/h7-10H,11-12H2,1-6H3. The van der Waals surface area contributed by atoms with E-state index in [4.69, 9.17) is 32.7 Å². The quantitative estimate of drug-likeness (QED) is 0.253. The summed E-state index contributed by atoms with van der Waals surface area (Å²) in [6, 6.07) is 8.36. The van der Waals surface area contributed by atoms with Crippen molar-refractivity contribution in [1.82, 2.24) is 0 Å². The normalized spacial score (nSPS) is 12.8. The Labute approximate surface area is 229 Å². The fraction of sp³-hybridized carbons (Fsp3) is 0.478. The van der Waals surface area contributed by atoms with Gasteiger partial charge in [-0.05, 0) is 127 Å². The van der Waals surface area contributed by atoms with Gasteiger partial charge in [0.05, 0.1) is 29.7 Å². The molecule has 8 heteroatoms. The molecule has 2 nitrogen and oxygen atoms in total. The molecule has 0 spiro atoms. The molecule has 0 N–H and O–H groups in total. The number of hydrogen-bond donors (Lipinski definition) is 0. The van der Waals surface area contributed by atoms with E-state index < -0.39 is 11.2 Å². The van der Waals surface area contributed by atoms with E-state index in [2.05, 4.69) is 102 Å². The van der Waals surface area contributed by atoms with Gasteiger partial charge in [-0.2, -0.15) is 0 Å². The molecule has 0 unspecified atom stereocenters. The van der Waals surface area contributed by atoms with Crippen molar-refractivity contribution in [3.05, 3.63) is 53.3 Å². The second-order valence-electron chi connectivity index (χ2n) is 9.15. The van der Waals surface area contributed by atoms with E-state index in [0.29, 0.717) is 11.8 Å². The van der Waals surface area contributed by atoms with Gasteiger partial charge in [0.1, 0.15) is 22.7 Å². The summed E-state index contributed by atoms with van der Waals surface area (Å²) in [6.07, 6.45) is 0. The third kappa shape index (κ3) is 6.79. The van der Waals surface area contributed by atoms with E-state index in [1.807, 2.05) is 27.7 Å². The second-order valence-corrected chi connectivity index (χ2v) is 13.1. The molecule has 31 heavy (non-hydrogen) atoms. The van der Waals surface area contributed by atoms with Crippen molar-refractivity contribution in [3.63, 3.8) is 0 Å². The zero-order valence-electron chi connectivity index (χ0n) is 18.3. The first kappa shape index (κ1) is 27.8. The Kier molecular flexibility index (Phi) is 9.35. The summed E-state index contributed by atoms with van der Waals surface area (Å²) >= 11 is 26.8. The van der Waals surface area contributed by atoms with Gasteiger partial charge in [-0.3, -0.25) is 0 Å². The monoisotopic (exact) mass is 720 g/mol. The van der Waals surface area contributed by atoms with E-state index in [1.54, 1.807) is 0 Å². The van der Waals surface area contributed by atoms with Crippen LogP contribution in [0.5, 0.6) is 11.5 Å². The molecule has 0 fully saturated rings. The molecule has 2 aromatic carbocycles. The van der Waals surface area contributed by atoms with Gasteiger partial charge in [0.15, 0.2) is 0 Å². The van der Waals surface area contributed by atoms with Crippen molar-refractivity contribution in [3.8, 4) is 11.5 Å². The predicted octanol–water partition coefficient (Wildman–Crippen LogP) is 9.85. The smallest absolute Gasteiger partial charge is 0.148 e. The van der Waals surface area contributed by atoms with Crippen LogP contribution in [0.25, 0.3) is 0 Å². The second kappa shape index (κ2) is 10.4. The van der Waals surface area contributed by atoms with Crippen molar-refractivity contribution < 1.29 is 9.47 Å². The Bertz CT molecular complexity index is 837. The van der Waals surface area contributed by atoms with E-state index in [1.165, 1.54) is 0 Å².